The lowest BCUT2D eigenvalue weighted by molar-refractivity contribution is 0.985. The third-order valence-electron chi connectivity index (χ3n) is 0.682. The van der Waals surface area contributed by atoms with Crippen molar-refractivity contribution in [2.75, 3.05) is 6.26 Å². The molecule has 0 aliphatic rings. The molecule has 0 unspecified atom stereocenters. The molecule has 1 heterocycles. The predicted molar refractivity (Wildman–Crippen MR) is 36.4 cm³/mol. The smallest absolute Gasteiger partial charge is 0.143 e. The molecule has 0 saturated heterocycles. The Balaban J connectivity index is 2.84. The molecule has 1 aromatic rings. The predicted octanol–water partition coefficient (Wildman–Crippen LogP) is 1.57. The monoisotopic (exact) mass is 146 g/mol. The van der Waals surface area contributed by atoms with Gasteiger partial charge in [-0.1, -0.05) is 23.1 Å². The van der Waals surface area contributed by atoms with E-state index in [2.05, 4.69) is 10.2 Å². The Kier molecular flexibility index (Phi) is 1.85. The Labute approximate surface area is 56.3 Å². The molecule has 4 heteroatoms. The highest BCUT2D eigenvalue weighted by Crippen LogP contribution is 2.17. The molecule has 8 heavy (non-hydrogen) atoms. The zero-order valence-corrected chi connectivity index (χ0v) is 6.34. The van der Waals surface area contributed by atoms with Gasteiger partial charge in [0.15, 0.2) is 4.34 Å². The van der Waals surface area contributed by atoms with Gasteiger partial charge < -0.3 is 0 Å². The van der Waals surface area contributed by atoms with Gasteiger partial charge in [-0.3, -0.25) is 0 Å². The van der Waals surface area contributed by atoms with Gasteiger partial charge in [-0.25, -0.2) is 0 Å². The number of hydrogen-bond donors (Lipinski definition) is 0. The molecule has 44 valence electrons. The highest BCUT2D eigenvalue weighted by Gasteiger charge is 1.94. The van der Waals surface area contributed by atoms with Crippen LogP contribution in [0.25, 0.3) is 0 Å². The zero-order valence-electron chi connectivity index (χ0n) is 4.71. The van der Waals surface area contributed by atoms with Gasteiger partial charge in [0.05, 0.1) is 0 Å². The molecule has 0 fully saturated rings. The Morgan fingerprint density at radius 3 is 2.50 bits per heavy atom. The highest BCUT2D eigenvalue weighted by molar-refractivity contribution is 8.00. The van der Waals surface area contributed by atoms with Crippen molar-refractivity contribution in [3.8, 4) is 0 Å². The zero-order chi connectivity index (χ0) is 5.98. The van der Waals surface area contributed by atoms with Crippen LogP contribution in [0.1, 0.15) is 5.01 Å². The Hall–Kier alpha value is -0.0900. The van der Waals surface area contributed by atoms with E-state index in [0.717, 1.165) is 9.35 Å². The van der Waals surface area contributed by atoms with Crippen LogP contribution in [0.5, 0.6) is 0 Å². The normalized spacial score (nSPS) is 9.75. The van der Waals surface area contributed by atoms with Gasteiger partial charge in [0, 0.05) is 0 Å². The van der Waals surface area contributed by atoms with E-state index < -0.39 is 0 Å². The molecule has 0 aliphatic carbocycles. The summed E-state index contributed by atoms with van der Waals surface area (Å²) in [6.45, 7) is 1.96. The second-order valence-electron chi connectivity index (χ2n) is 1.29. The van der Waals surface area contributed by atoms with Crippen molar-refractivity contribution in [3.05, 3.63) is 5.01 Å². The van der Waals surface area contributed by atoms with Gasteiger partial charge in [-0.2, -0.15) is 0 Å². The van der Waals surface area contributed by atoms with Crippen molar-refractivity contribution in [1.29, 1.82) is 0 Å². The number of rotatable bonds is 1. The number of thioether (sulfide) groups is 1. The lowest BCUT2D eigenvalue weighted by Crippen LogP contribution is -1.67. The fourth-order valence-corrected chi connectivity index (χ4v) is 1.59. The van der Waals surface area contributed by atoms with Crippen LogP contribution in [-0.4, -0.2) is 16.5 Å². The van der Waals surface area contributed by atoms with Gasteiger partial charge in [0.2, 0.25) is 0 Å². The molecule has 0 spiro atoms. The maximum atomic E-state index is 3.87. The number of aromatic nitrogens is 2. The Bertz CT molecular complexity index is 172. The van der Waals surface area contributed by atoms with E-state index >= 15 is 0 Å². The van der Waals surface area contributed by atoms with Crippen LogP contribution in [0.15, 0.2) is 4.34 Å². The summed E-state index contributed by atoms with van der Waals surface area (Å²) in [6.07, 6.45) is 2.00. The average molecular weight is 146 g/mol. The minimum atomic E-state index is 1.04. The number of nitrogens with zero attached hydrogens (tertiary/aromatic N) is 2. The van der Waals surface area contributed by atoms with Crippen molar-refractivity contribution in [3.63, 3.8) is 0 Å². The highest BCUT2D eigenvalue weighted by atomic mass is 32.2. The van der Waals surface area contributed by atoms with Crippen LogP contribution in [-0.2, 0) is 0 Å². The van der Waals surface area contributed by atoms with Crippen molar-refractivity contribution < 1.29 is 0 Å². The molecule has 0 radical (unpaired) electrons. The van der Waals surface area contributed by atoms with E-state index in [0.29, 0.717) is 0 Å². The van der Waals surface area contributed by atoms with Crippen molar-refractivity contribution >= 4 is 23.1 Å². The van der Waals surface area contributed by atoms with E-state index in [1.165, 1.54) is 0 Å². The van der Waals surface area contributed by atoms with Crippen LogP contribution < -0.4 is 0 Å². The summed E-state index contributed by atoms with van der Waals surface area (Å²) in [6, 6.07) is 0. The first-order valence-electron chi connectivity index (χ1n) is 2.17. The molecule has 2 nitrogen and oxygen atoms in total. The van der Waals surface area contributed by atoms with Gasteiger partial charge in [-0.05, 0) is 13.2 Å². The summed E-state index contributed by atoms with van der Waals surface area (Å²) < 4.78 is 1.04. The summed E-state index contributed by atoms with van der Waals surface area (Å²) in [4.78, 5) is 0. The SMILES string of the molecule is CSc1nnc(C)s1. The lowest BCUT2D eigenvalue weighted by atomic mass is 10.9. The van der Waals surface area contributed by atoms with E-state index in [1.807, 2.05) is 13.2 Å². The van der Waals surface area contributed by atoms with Crippen LogP contribution in [0, 0.1) is 6.92 Å². The lowest BCUT2D eigenvalue weighted by Gasteiger charge is -1.75. The van der Waals surface area contributed by atoms with Crippen molar-refractivity contribution in [1.82, 2.24) is 10.2 Å². The molecule has 0 bridgehead atoms. The average Bonchev–Trinajstić information content (AvgIpc) is 2.14. The van der Waals surface area contributed by atoms with E-state index in [9.17, 15) is 0 Å². The first kappa shape index (κ1) is 6.04. The molecule has 1 aromatic heterocycles. The second kappa shape index (κ2) is 2.46. The van der Waals surface area contributed by atoms with E-state index in [1.54, 1.807) is 23.1 Å². The summed E-state index contributed by atoms with van der Waals surface area (Å²) in [5.74, 6) is 0. The van der Waals surface area contributed by atoms with E-state index in [-0.39, 0.29) is 0 Å². The molecule has 1 rings (SSSR count). The van der Waals surface area contributed by atoms with Crippen LogP contribution >= 0.6 is 23.1 Å². The molecular formula is C4H6N2S2. The number of aryl methyl sites for hydroxylation is 1. The maximum Gasteiger partial charge on any atom is 0.174 e. The standard InChI is InChI=1S/C4H6N2S2/c1-3-5-6-4(7-2)8-3/h1-2H3. The largest absolute Gasteiger partial charge is 0.174 e. The van der Waals surface area contributed by atoms with Gasteiger partial charge in [0.1, 0.15) is 5.01 Å². The third-order valence-corrected chi connectivity index (χ3v) is 2.50. The van der Waals surface area contributed by atoms with Crippen LogP contribution in [0.2, 0.25) is 0 Å². The topological polar surface area (TPSA) is 25.8 Å². The van der Waals surface area contributed by atoms with Crippen molar-refractivity contribution in [2.24, 2.45) is 0 Å². The summed E-state index contributed by atoms with van der Waals surface area (Å²) in [5, 5.41) is 8.74. The van der Waals surface area contributed by atoms with Crippen LogP contribution in [0.3, 0.4) is 0 Å². The Morgan fingerprint density at radius 2 is 2.25 bits per heavy atom. The first-order valence-corrected chi connectivity index (χ1v) is 4.21. The summed E-state index contributed by atoms with van der Waals surface area (Å²) in [5.41, 5.74) is 0. The molecule has 0 N–H and O–H groups in total. The van der Waals surface area contributed by atoms with Crippen LogP contribution in [0.4, 0.5) is 0 Å². The van der Waals surface area contributed by atoms with Gasteiger partial charge in [-0.15, -0.1) is 10.2 Å². The first-order chi connectivity index (χ1) is 3.83. The minimum absolute atomic E-state index is 1.04. The van der Waals surface area contributed by atoms with E-state index in [4.69, 9.17) is 0 Å². The molecular weight excluding hydrogens is 140 g/mol. The molecule has 0 saturated carbocycles. The minimum Gasteiger partial charge on any atom is -0.143 e. The van der Waals surface area contributed by atoms with Crippen molar-refractivity contribution in [2.45, 2.75) is 11.3 Å². The molecule has 0 aliphatic heterocycles. The molecule has 0 aromatic carbocycles. The second-order valence-corrected chi connectivity index (χ2v) is 3.53. The quantitative estimate of drug-likeness (QED) is 0.562. The number of hydrogen-bond acceptors (Lipinski definition) is 4. The fourth-order valence-electron chi connectivity index (χ4n) is 0.361. The van der Waals surface area contributed by atoms with Gasteiger partial charge in [0.25, 0.3) is 0 Å². The Morgan fingerprint density at radius 1 is 1.50 bits per heavy atom. The van der Waals surface area contributed by atoms with Gasteiger partial charge >= 0.3 is 0 Å². The molecule has 0 atom stereocenters. The fraction of sp³-hybridized carbons (Fsp3) is 0.500. The summed E-state index contributed by atoms with van der Waals surface area (Å²) >= 11 is 3.26. The molecule has 0 amide bonds. The maximum absolute atomic E-state index is 3.87. The summed E-state index contributed by atoms with van der Waals surface area (Å²) in [7, 11) is 0. The third kappa shape index (κ3) is 1.20.